The van der Waals surface area contributed by atoms with Crippen LogP contribution >= 0.6 is 0 Å². The van der Waals surface area contributed by atoms with Gasteiger partial charge < -0.3 is 35.7 Å². The molecule has 7 unspecified atom stereocenters. The van der Waals surface area contributed by atoms with Crippen molar-refractivity contribution in [3.8, 4) is 11.5 Å². The molecule has 6 aliphatic rings. The Hall–Kier alpha value is -2.90. The van der Waals surface area contributed by atoms with Crippen LogP contribution in [0.5, 0.6) is 11.5 Å². The fourth-order valence-electron chi connectivity index (χ4n) is 7.25. The second-order valence-electron chi connectivity index (χ2n) is 12.2. The van der Waals surface area contributed by atoms with Gasteiger partial charge in [0.05, 0.1) is 21.5 Å². The fourth-order valence-corrected chi connectivity index (χ4v) is 8.29. The molecule has 5 aliphatic heterocycles. The molecule has 10 nitrogen and oxygen atoms in total. The molecule has 6 N–H and O–H groups in total. The van der Waals surface area contributed by atoms with Gasteiger partial charge in [-0.1, -0.05) is 54.6 Å². The van der Waals surface area contributed by atoms with E-state index >= 15 is 0 Å². The number of ether oxygens (including phenoxy) is 2. The Morgan fingerprint density at radius 3 is 2.24 bits per heavy atom. The summed E-state index contributed by atoms with van der Waals surface area (Å²) in [6.07, 6.45) is 2.48. The predicted molar refractivity (Wildman–Crippen MR) is 168 cm³/mol. The van der Waals surface area contributed by atoms with Gasteiger partial charge in [0.25, 0.3) is 0 Å². The van der Waals surface area contributed by atoms with Gasteiger partial charge in [0.15, 0.2) is 5.96 Å². The monoisotopic (exact) mass is 655 g/mol. The van der Waals surface area contributed by atoms with Gasteiger partial charge in [-0.2, -0.15) is 0 Å². The third kappa shape index (κ3) is 7.62. The van der Waals surface area contributed by atoms with E-state index in [4.69, 9.17) is 20.9 Å². The molecule has 5 heterocycles. The first kappa shape index (κ1) is 34.4. The number of rotatable bonds is 5. The third-order valence-corrected chi connectivity index (χ3v) is 10.6. The molecule has 1 aliphatic carbocycles. The molecular weight excluding hydrogens is 617 g/mol. The third-order valence-electron chi connectivity index (χ3n) is 9.27. The zero-order valence-electron chi connectivity index (χ0n) is 25.7. The predicted octanol–water partition coefficient (Wildman–Crippen LogP) is 1.17. The van der Waals surface area contributed by atoms with Crippen LogP contribution in [-0.2, 0) is 21.3 Å². The molecule has 0 aromatic heterocycles. The molecular formula is C34H38N3NaO7S. The molecule has 0 radical (unpaired) electrons. The maximum atomic E-state index is 13.1. The normalized spacial score (nSPS) is 27.4. The van der Waals surface area contributed by atoms with E-state index in [0.29, 0.717) is 37.0 Å². The molecule has 12 heteroatoms. The summed E-state index contributed by atoms with van der Waals surface area (Å²) in [6.45, 7) is -0.0656. The fraction of sp³-hybridized carbons (Fsp3) is 0.382. The number of allylic oxidation sites excluding steroid dienone is 1. The Morgan fingerprint density at radius 2 is 1.61 bits per heavy atom. The number of aliphatic hydroxyl groups is 1. The van der Waals surface area contributed by atoms with E-state index in [2.05, 4.69) is 4.99 Å². The quantitative estimate of drug-likeness (QED) is 0.103. The van der Waals surface area contributed by atoms with E-state index in [9.17, 15) is 23.2 Å². The Labute approximate surface area is 291 Å². The summed E-state index contributed by atoms with van der Waals surface area (Å²) < 4.78 is 52.1. The van der Waals surface area contributed by atoms with E-state index in [1.54, 1.807) is 36.4 Å². The first-order chi connectivity index (χ1) is 21.6. The average Bonchev–Trinajstić information content (AvgIpc) is 3.14. The molecule has 0 saturated carbocycles. The maximum absolute atomic E-state index is 13.1. The zero-order chi connectivity index (χ0) is 31.7. The van der Waals surface area contributed by atoms with E-state index in [1.165, 1.54) is 0 Å². The average molecular weight is 656 g/mol. The number of phenols is 1. The number of hydrogen-bond donors (Lipinski definition) is 4. The van der Waals surface area contributed by atoms with Crippen molar-refractivity contribution >= 4 is 16.1 Å². The summed E-state index contributed by atoms with van der Waals surface area (Å²) in [5.41, 5.74) is 15.7. The summed E-state index contributed by atoms with van der Waals surface area (Å²) in [5.74, 6) is -0.462. The SMILES string of the molecule is NC(N)=NC1Oc2ccc(cc2)CCC(S(=O)(=O)[O-])C2C=C3CC(CC(CCO)OC3c3ccc(O)cc3)C2c2ccc1cc2.[Na+]. The minimum Gasteiger partial charge on any atom is -0.748 e. The van der Waals surface area contributed by atoms with Crippen molar-refractivity contribution in [3.63, 3.8) is 0 Å². The van der Waals surface area contributed by atoms with E-state index in [0.717, 1.165) is 22.3 Å². The number of aliphatic imine (C=N–C) groups is 1. The standard InChI is InChI=1S/C34H39N3O7S.Na/c35-34(36)37-33-23-6-4-21(5-7-23)31-24-17-25(32(43-28(18-24)15-16-38)22-8-10-26(39)11-9-22)19-29(31)30(45(40,41)42)14-3-20-1-12-27(44-33)13-2-20;/h1-2,4-13,19,24,28-33,38-39H,3,14-18H2,(H4,35,36,37)(H,40,41,42);/q;+1/p-1. The second kappa shape index (κ2) is 14.5. The van der Waals surface area contributed by atoms with Gasteiger partial charge in [-0.3, -0.25) is 0 Å². The summed E-state index contributed by atoms with van der Waals surface area (Å²) in [4.78, 5) is 4.30. The number of aryl methyl sites for hydroxylation is 1. The first-order valence-corrected chi connectivity index (χ1v) is 16.7. The number of nitrogens with two attached hydrogens (primary N) is 2. The van der Waals surface area contributed by atoms with Gasteiger partial charge >= 0.3 is 29.6 Å². The number of benzene rings is 3. The minimum atomic E-state index is -4.73. The van der Waals surface area contributed by atoms with Gasteiger partial charge in [0, 0.05) is 12.2 Å². The number of phenolic OH excluding ortho intramolecular Hbond substituents is 1. The van der Waals surface area contributed by atoms with Gasteiger partial charge in [-0.15, -0.1) is 0 Å². The van der Waals surface area contributed by atoms with Gasteiger partial charge in [-0.25, -0.2) is 13.4 Å². The van der Waals surface area contributed by atoms with Crippen LogP contribution in [0.4, 0.5) is 0 Å². The molecule has 1 saturated heterocycles. The van der Waals surface area contributed by atoms with Crippen LogP contribution in [0.3, 0.4) is 0 Å². The number of hydrogen-bond acceptors (Lipinski definition) is 8. The Bertz CT molecular complexity index is 1660. The van der Waals surface area contributed by atoms with E-state index in [1.807, 2.05) is 42.5 Å². The van der Waals surface area contributed by atoms with Crippen molar-refractivity contribution in [2.45, 2.75) is 61.7 Å². The van der Waals surface area contributed by atoms with Crippen LogP contribution in [0.15, 0.2) is 89.4 Å². The van der Waals surface area contributed by atoms with Crippen LogP contribution in [0.25, 0.3) is 0 Å². The number of guanidine groups is 1. The molecule has 7 atom stereocenters. The molecule has 9 rings (SSSR count). The maximum Gasteiger partial charge on any atom is 1.00 e. The molecule has 3 aromatic rings. The molecule has 3 aromatic carbocycles. The molecule has 6 bridgehead atoms. The summed E-state index contributed by atoms with van der Waals surface area (Å²) in [7, 11) is -4.73. The minimum absolute atomic E-state index is 0. The Morgan fingerprint density at radius 1 is 0.957 bits per heavy atom. The summed E-state index contributed by atoms with van der Waals surface area (Å²) in [6, 6.07) is 21.6. The van der Waals surface area contributed by atoms with Gasteiger partial charge in [0.1, 0.15) is 17.6 Å². The van der Waals surface area contributed by atoms with Crippen molar-refractivity contribution in [3.05, 3.63) is 107 Å². The van der Waals surface area contributed by atoms with E-state index < -0.39 is 33.6 Å². The van der Waals surface area contributed by atoms with Crippen molar-refractivity contribution in [2.75, 3.05) is 6.61 Å². The van der Waals surface area contributed by atoms with E-state index in [-0.39, 0.29) is 72.2 Å². The van der Waals surface area contributed by atoms with Gasteiger partial charge in [-0.05, 0) is 96.4 Å². The van der Waals surface area contributed by atoms with Crippen LogP contribution in [0.2, 0.25) is 0 Å². The van der Waals surface area contributed by atoms with Gasteiger partial charge in [0.2, 0.25) is 6.23 Å². The van der Waals surface area contributed by atoms with Crippen LogP contribution in [-0.4, -0.2) is 47.1 Å². The molecule has 0 spiro atoms. The number of nitrogens with zero attached hydrogens (tertiary/aromatic N) is 1. The molecule has 238 valence electrons. The van der Waals surface area contributed by atoms with Crippen molar-refractivity contribution in [2.24, 2.45) is 28.3 Å². The largest absolute Gasteiger partial charge is 1.00 e. The number of aromatic hydroxyl groups is 1. The topological polar surface area (TPSA) is 181 Å². The van der Waals surface area contributed by atoms with Crippen LogP contribution in [0, 0.1) is 11.8 Å². The molecule has 1 fully saturated rings. The van der Waals surface area contributed by atoms with Crippen molar-refractivity contribution in [1.82, 2.24) is 0 Å². The molecule has 0 amide bonds. The first-order valence-electron chi connectivity index (χ1n) is 15.2. The second-order valence-corrected chi connectivity index (χ2v) is 13.8. The number of fused-ring (bicyclic) bond motifs is 2. The molecule has 46 heavy (non-hydrogen) atoms. The summed E-state index contributed by atoms with van der Waals surface area (Å²) >= 11 is 0. The van der Waals surface area contributed by atoms with Crippen LogP contribution < -0.4 is 45.8 Å². The number of aliphatic hydroxyl groups excluding tert-OH is 1. The van der Waals surface area contributed by atoms with Crippen molar-refractivity contribution < 1.29 is 62.2 Å². The van der Waals surface area contributed by atoms with Crippen LogP contribution in [0.1, 0.15) is 66.2 Å². The Balaban J connectivity index is 0.00000417. The van der Waals surface area contributed by atoms with Crippen molar-refractivity contribution in [1.29, 1.82) is 0 Å². The zero-order valence-corrected chi connectivity index (χ0v) is 28.6. The Kier molecular flexibility index (Phi) is 10.8. The smallest absolute Gasteiger partial charge is 0.748 e. The summed E-state index contributed by atoms with van der Waals surface area (Å²) in [5, 5.41) is 18.7.